The van der Waals surface area contributed by atoms with E-state index in [9.17, 15) is 29.4 Å². The lowest BCUT2D eigenvalue weighted by atomic mass is 9.71. The second-order valence-corrected chi connectivity index (χ2v) is 6.13. The Balaban J connectivity index is 2.49. The number of carbonyl (C=O) groups excluding carboxylic acids is 2. The smallest absolute Gasteiger partial charge is 0.326 e. The number of fused-ring (bicyclic) bond motifs is 1. The average Bonchev–Trinajstić information content (AvgIpc) is 2.87. The molecule has 2 unspecified atom stereocenters. The third-order valence-electron chi connectivity index (χ3n) is 4.56. The lowest BCUT2D eigenvalue weighted by Crippen LogP contribution is -2.49. The molecular formula is C17H19NO6. The fraction of sp³-hybridized carbons (Fsp3) is 0.412. The van der Waals surface area contributed by atoms with Crippen LogP contribution < -0.4 is 5.32 Å². The number of rotatable bonds is 6. The SMILES string of the molecule is CC(=O)NC1Cc2ccc(C(C(=O)O)(C(=O)O)C(C)C=O)cc2C1. The number of carboxylic acid groups (broad SMARTS) is 2. The normalized spacial score (nSPS) is 17.7. The van der Waals surface area contributed by atoms with Gasteiger partial charge in [-0.2, -0.15) is 0 Å². The Kier molecular flexibility index (Phi) is 4.73. The van der Waals surface area contributed by atoms with Gasteiger partial charge in [-0.15, -0.1) is 0 Å². The van der Waals surface area contributed by atoms with E-state index in [1.165, 1.54) is 26.0 Å². The van der Waals surface area contributed by atoms with Crippen molar-refractivity contribution in [3.05, 3.63) is 34.9 Å². The standard InChI is InChI=1S/C17H19NO6/c1-9(8-19)17(15(21)22,16(23)24)13-4-3-11-6-14(18-10(2)20)7-12(11)5-13/h3-5,8-9,14H,6-7H2,1-2H3,(H,18,20)(H,21,22)(H,23,24). The Morgan fingerprint density at radius 2 is 1.79 bits per heavy atom. The molecule has 2 atom stereocenters. The number of carboxylic acids is 2. The number of amides is 1. The molecular weight excluding hydrogens is 314 g/mol. The molecule has 0 saturated carbocycles. The molecule has 1 amide bonds. The largest absolute Gasteiger partial charge is 0.480 e. The minimum Gasteiger partial charge on any atom is -0.480 e. The molecule has 0 saturated heterocycles. The fourth-order valence-electron chi connectivity index (χ4n) is 3.35. The second-order valence-electron chi connectivity index (χ2n) is 6.13. The van der Waals surface area contributed by atoms with E-state index in [2.05, 4.69) is 5.32 Å². The molecule has 0 bridgehead atoms. The Labute approximate surface area is 138 Å². The highest BCUT2D eigenvalue weighted by Gasteiger charge is 2.53. The molecule has 1 aliphatic rings. The highest BCUT2D eigenvalue weighted by molar-refractivity contribution is 6.07. The van der Waals surface area contributed by atoms with Crippen LogP contribution in [0, 0.1) is 5.92 Å². The minimum atomic E-state index is -2.33. The van der Waals surface area contributed by atoms with E-state index in [0.29, 0.717) is 19.1 Å². The van der Waals surface area contributed by atoms with Crippen molar-refractivity contribution in [1.82, 2.24) is 5.32 Å². The first-order valence-electron chi connectivity index (χ1n) is 7.54. The van der Waals surface area contributed by atoms with Gasteiger partial charge in [0.1, 0.15) is 6.29 Å². The second kappa shape index (κ2) is 6.43. The zero-order chi connectivity index (χ0) is 18.1. The summed E-state index contributed by atoms with van der Waals surface area (Å²) in [6.07, 6.45) is 1.44. The fourth-order valence-corrected chi connectivity index (χ4v) is 3.35. The maximum Gasteiger partial charge on any atom is 0.326 e. The van der Waals surface area contributed by atoms with Crippen LogP contribution in [0.5, 0.6) is 0 Å². The molecule has 0 aliphatic heterocycles. The van der Waals surface area contributed by atoms with E-state index in [1.807, 2.05) is 0 Å². The van der Waals surface area contributed by atoms with Gasteiger partial charge in [-0.3, -0.25) is 14.4 Å². The van der Waals surface area contributed by atoms with E-state index in [1.54, 1.807) is 6.07 Å². The summed E-state index contributed by atoms with van der Waals surface area (Å²) in [4.78, 5) is 45.9. The van der Waals surface area contributed by atoms with Gasteiger partial charge >= 0.3 is 11.9 Å². The predicted molar refractivity (Wildman–Crippen MR) is 83.6 cm³/mol. The number of carbonyl (C=O) groups is 4. The first-order valence-corrected chi connectivity index (χ1v) is 7.54. The van der Waals surface area contributed by atoms with Gasteiger partial charge in [-0.1, -0.05) is 25.1 Å². The van der Waals surface area contributed by atoms with Crippen molar-refractivity contribution in [2.24, 2.45) is 5.92 Å². The molecule has 1 aromatic rings. The first-order chi connectivity index (χ1) is 11.2. The maximum atomic E-state index is 11.8. The minimum absolute atomic E-state index is 0.0596. The molecule has 0 spiro atoms. The van der Waals surface area contributed by atoms with Crippen LogP contribution in [-0.4, -0.2) is 40.4 Å². The summed E-state index contributed by atoms with van der Waals surface area (Å²) in [7, 11) is 0. The molecule has 2 rings (SSSR count). The quantitative estimate of drug-likeness (QED) is 0.516. The summed E-state index contributed by atoms with van der Waals surface area (Å²) in [5.74, 6) is -4.55. The Morgan fingerprint density at radius 3 is 2.29 bits per heavy atom. The Morgan fingerprint density at radius 1 is 1.21 bits per heavy atom. The van der Waals surface area contributed by atoms with Crippen molar-refractivity contribution in [1.29, 1.82) is 0 Å². The number of aliphatic carboxylic acids is 2. The van der Waals surface area contributed by atoms with Crippen LogP contribution in [0.2, 0.25) is 0 Å². The van der Waals surface area contributed by atoms with Gasteiger partial charge in [0.05, 0.1) is 0 Å². The average molecular weight is 333 g/mol. The summed E-state index contributed by atoms with van der Waals surface area (Å²) >= 11 is 0. The lowest BCUT2D eigenvalue weighted by Gasteiger charge is -2.28. The van der Waals surface area contributed by atoms with Crippen molar-refractivity contribution < 1.29 is 29.4 Å². The van der Waals surface area contributed by atoms with E-state index >= 15 is 0 Å². The number of hydrogen-bond acceptors (Lipinski definition) is 4. The van der Waals surface area contributed by atoms with Gasteiger partial charge in [0, 0.05) is 18.9 Å². The zero-order valence-corrected chi connectivity index (χ0v) is 13.4. The van der Waals surface area contributed by atoms with Crippen LogP contribution in [0.1, 0.15) is 30.5 Å². The molecule has 0 heterocycles. The van der Waals surface area contributed by atoms with Gasteiger partial charge in [0.25, 0.3) is 0 Å². The van der Waals surface area contributed by atoms with E-state index in [-0.39, 0.29) is 17.5 Å². The summed E-state index contributed by atoms with van der Waals surface area (Å²) < 4.78 is 0. The highest BCUT2D eigenvalue weighted by atomic mass is 16.4. The maximum absolute atomic E-state index is 11.8. The predicted octanol–water partition coefficient (Wildman–Crippen LogP) is 0.532. The van der Waals surface area contributed by atoms with Crippen molar-refractivity contribution in [2.45, 2.75) is 38.1 Å². The molecule has 0 radical (unpaired) electrons. The van der Waals surface area contributed by atoms with Gasteiger partial charge in [0.15, 0.2) is 5.41 Å². The Hall–Kier alpha value is -2.70. The van der Waals surface area contributed by atoms with Crippen LogP contribution >= 0.6 is 0 Å². The van der Waals surface area contributed by atoms with Gasteiger partial charge in [-0.25, -0.2) is 0 Å². The number of nitrogens with one attached hydrogen (secondary N) is 1. The zero-order valence-electron chi connectivity index (χ0n) is 13.4. The van der Waals surface area contributed by atoms with E-state index < -0.39 is 23.3 Å². The van der Waals surface area contributed by atoms with Gasteiger partial charge in [0.2, 0.25) is 5.91 Å². The van der Waals surface area contributed by atoms with Crippen LogP contribution in [0.4, 0.5) is 0 Å². The van der Waals surface area contributed by atoms with Crippen LogP contribution in [0.25, 0.3) is 0 Å². The molecule has 1 aliphatic carbocycles. The third kappa shape index (κ3) is 2.77. The molecule has 7 nitrogen and oxygen atoms in total. The monoisotopic (exact) mass is 333 g/mol. The van der Waals surface area contributed by atoms with E-state index in [4.69, 9.17) is 0 Å². The topological polar surface area (TPSA) is 121 Å². The lowest BCUT2D eigenvalue weighted by molar-refractivity contribution is -0.161. The molecule has 0 aromatic heterocycles. The Bertz CT molecular complexity index is 697. The highest BCUT2D eigenvalue weighted by Crippen LogP contribution is 2.35. The summed E-state index contributed by atoms with van der Waals surface area (Å²) in [6, 6.07) is 4.54. The number of aldehydes is 1. The molecule has 128 valence electrons. The van der Waals surface area contributed by atoms with Crippen LogP contribution in [0.3, 0.4) is 0 Å². The van der Waals surface area contributed by atoms with Crippen molar-refractivity contribution in [3.63, 3.8) is 0 Å². The molecule has 24 heavy (non-hydrogen) atoms. The molecule has 3 N–H and O–H groups in total. The van der Waals surface area contributed by atoms with Crippen molar-refractivity contribution in [2.75, 3.05) is 0 Å². The summed E-state index contributed by atoms with van der Waals surface area (Å²) in [6.45, 7) is 2.70. The van der Waals surface area contributed by atoms with E-state index in [0.717, 1.165) is 11.1 Å². The number of benzene rings is 1. The summed E-state index contributed by atoms with van der Waals surface area (Å²) in [5, 5.41) is 21.9. The van der Waals surface area contributed by atoms with Gasteiger partial charge < -0.3 is 20.3 Å². The first kappa shape index (κ1) is 17.7. The molecule has 7 heteroatoms. The molecule has 0 fully saturated rings. The summed E-state index contributed by atoms with van der Waals surface area (Å²) in [5.41, 5.74) is -0.551. The van der Waals surface area contributed by atoms with Crippen LogP contribution in [0.15, 0.2) is 18.2 Å². The third-order valence-corrected chi connectivity index (χ3v) is 4.56. The van der Waals surface area contributed by atoms with Gasteiger partial charge in [-0.05, 0) is 29.5 Å². The molecule has 1 aromatic carbocycles. The van der Waals surface area contributed by atoms with Crippen LogP contribution in [-0.2, 0) is 37.4 Å². The number of hydrogen-bond donors (Lipinski definition) is 3. The van der Waals surface area contributed by atoms with Crippen molar-refractivity contribution >= 4 is 24.1 Å². The van der Waals surface area contributed by atoms with Crippen molar-refractivity contribution in [3.8, 4) is 0 Å².